The van der Waals surface area contributed by atoms with Crippen molar-refractivity contribution in [3.05, 3.63) is 31.0 Å². The Morgan fingerprint density at radius 3 is 2.25 bits per heavy atom. The van der Waals surface area contributed by atoms with E-state index in [2.05, 4.69) is 0 Å². The van der Waals surface area contributed by atoms with E-state index in [9.17, 15) is 9.59 Å². The number of aromatic nitrogens is 1. The summed E-state index contributed by atoms with van der Waals surface area (Å²) in [6.07, 6.45) is 1.86. The van der Waals surface area contributed by atoms with Crippen LogP contribution in [0.5, 0.6) is 0 Å². The van der Waals surface area contributed by atoms with Gasteiger partial charge < -0.3 is 0 Å². The Hall–Kier alpha value is -0.680. The van der Waals surface area contributed by atoms with E-state index in [1.807, 2.05) is 19.9 Å². The molecule has 0 radical (unpaired) electrons. The van der Waals surface area contributed by atoms with Crippen LogP contribution in [0, 0.1) is 0 Å². The molecule has 0 saturated heterocycles. The molecule has 0 bridgehead atoms. The van der Waals surface area contributed by atoms with E-state index >= 15 is 0 Å². The fourth-order valence-corrected chi connectivity index (χ4v) is 2.32. The van der Waals surface area contributed by atoms with Crippen LogP contribution < -0.4 is 9.75 Å². The molecule has 0 N–H and O–H groups in total. The average Bonchev–Trinajstić information content (AvgIpc) is 2.28. The number of nitrogens with zero attached hydrogens (tertiary/aromatic N) is 1. The summed E-state index contributed by atoms with van der Waals surface area (Å²) in [5.74, 6) is 0. The highest BCUT2D eigenvalue weighted by molar-refractivity contribution is 7.67. The van der Waals surface area contributed by atoms with Gasteiger partial charge in [-0.15, -0.1) is 0 Å². The zero-order valence-electron chi connectivity index (χ0n) is 6.86. The summed E-state index contributed by atoms with van der Waals surface area (Å²) < 4.78 is 1.24. The first-order chi connectivity index (χ1) is 5.61. The van der Waals surface area contributed by atoms with Crippen molar-refractivity contribution in [3.63, 3.8) is 0 Å². The van der Waals surface area contributed by atoms with E-state index in [-0.39, 0.29) is 9.75 Å². The molecular formula is C7H9NO2S2. The fraction of sp³-hybridized carbons (Fsp3) is 0.429. The van der Waals surface area contributed by atoms with E-state index < -0.39 is 0 Å². The molecule has 0 saturated carbocycles. The van der Waals surface area contributed by atoms with Gasteiger partial charge in [0.2, 0.25) is 0 Å². The van der Waals surface area contributed by atoms with Gasteiger partial charge in [0.1, 0.15) is 0 Å². The monoisotopic (exact) mass is 203 g/mol. The van der Waals surface area contributed by atoms with Crippen molar-refractivity contribution in [2.45, 2.75) is 20.4 Å². The van der Waals surface area contributed by atoms with Crippen LogP contribution in [0.3, 0.4) is 0 Å². The minimum Gasteiger partial charge on any atom is -0.256 e. The molecule has 5 heteroatoms. The fourth-order valence-electron chi connectivity index (χ4n) is 0.659. The Labute approximate surface area is 77.0 Å². The molecule has 0 aromatic carbocycles. The van der Waals surface area contributed by atoms with Crippen LogP contribution >= 0.6 is 20.7 Å². The molecule has 12 heavy (non-hydrogen) atoms. The summed E-state index contributed by atoms with van der Waals surface area (Å²) in [5, 5.41) is 0. The molecule has 0 aliphatic rings. The molecule has 66 valence electrons. The van der Waals surface area contributed by atoms with Crippen molar-refractivity contribution in [1.82, 2.24) is 4.57 Å². The lowest BCUT2D eigenvalue weighted by atomic mass is 10.3. The summed E-state index contributed by atoms with van der Waals surface area (Å²) in [6.45, 7) is 4.27. The number of allylic oxidation sites excluding steroid dienone is 2. The molecule has 0 spiro atoms. The van der Waals surface area contributed by atoms with E-state index in [0.29, 0.717) is 6.54 Å². The van der Waals surface area contributed by atoms with Gasteiger partial charge in [-0.2, -0.15) is 0 Å². The van der Waals surface area contributed by atoms with E-state index in [4.69, 9.17) is 0 Å². The van der Waals surface area contributed by atoms with Crippen molar-refractivity contribution in [3.8, 4) is 0 Å². The third-order valence-corrected chi connectivity index (χ3v) is 3.22. The quantitative estimate of drug-likeness (QED) is 0.537. The number of rotatable bonds is 2. The molecule has 1 aromatic rings. The normalized spacial score (nSPS) is 9.83. The molecular weight excluding hydrogens is 194 g/mol. The lowest BCUT2D eigenvalue weighted by Crippen LogP contribution is -2.23. The van der Waals surface area contributed by atoms with Crippen molar-refractivity contribution in [2.75, 3.05) is 0 Å². The highest BCUT2D eigenvalue weighted by Gasteiger charge is 2.00. The van der Waals surface area contributed by atoms with Crippen LogP contribution in [-0.4, -0.2) is 4.57 Å². The maximum atomic E-state index is 11.0. The summed E-state index contributed by atoms with van der Waals surface area (Å²) in [5.41, 5.74) is 1.11. The minimum absolute atomic E-state index is 0.164. The molecule has 1 rings (SSSR count). The lowest BCUT2D eigenvalue weighted by Gasteiger charge is -1.92. The van der Waals surface area contributed by atoms with E-state index in [1.165, 1.54) is 4.57 Å². The molecule has 0 unspecified atom stereocenters. The second-order valence-electron chi connectivity index (χ2n) is 2.59. The van der Waals surface area contributed by atoms with E-state index in [1.54, 1.807) is 0 Å². The predicted octanol–water partition coefficient (Wildman–Crippen LogP) is 1.30. The Bertz CT molecular complexity index is 365. The van der Waals surface area contributed by atoms with Gasteiger partial charge in [-0.05, 0) is 34.5 Å². The third-order valence-electron chi connectivity index (χ3n) is 1.31. The highest BCUT2D eigenvalue weighted by atomic mass is 32.9. The van der Waals surface area contributed by atoms with Crippen LogP contribution in [-0.2, 0) is 6.54 Å². The van der Waals surface area contributed by atoms with Crippen molar-refractivity contribution < 1.29 is 0 Å². The van der Waals surface area contributed by atoms with Gasteiger partial charge in [0, 0.05) is 6.54 Å². The second kappa shape index (κ2) is 3.82. The maximum absolute atomic E-state index is 11.0. The third kappa shape index (κ3) is 2.15. The Kier molecular flexibility index (Phi) is 2.99. The first kappa shape index (κ1) is 9.41. The van der Waals surface area contributed by atoms with Crippen molar-refractivity contribution >= 4 is 20.7 Å². The molecule has 0 fully saturated rings. The summed E-state index contributed by atoms with van der Waals surface area (Å²) in [7, 11) is 1.98. The molecule has 1 aromatic heterocycles. The van der Waals surface area contributed by atoms with Gasteiger partial charge in [-0.3, -0.25) is 14.2 Å². The molecule has 0 atom stereocenters. The first-order valence-electron chi connectivity index (χ1n) is 3.44. The predicted molar refractivity (Wildman–Crippen MR) is 52.2 cm³/mol. The number of hydrogen-bond donors (Lipinski definition) is 0. The molecule has 0 aliphatic heterocycles. The van der Waals surface area contributed by atoms with Crippen LogP contribution in [0.15, 0.2) is 21.2 Å². The van der Waals surface area contributed by atoms with Gasteiger partial charge in [0.15, 0.2) is 0 Å². The smallest absolute Gasteiger partial charge is 0.256 e. The Balaban J connectivity index is 2.97. The van der Waals surface area contributed by atoms with Gasteiger partial charge in [-0.25, -0.2) is 0 Å². The van der Waals surface area contributed by atoms with Gasteiger partial charge >= 0.3 is 9.75 Å². The Morgan fingerprint density at radius 2 is 1.83 bits per heavy atom. The summed E-state index contributed by atoms with van der Waals surface area (Å²) >= 11 is 0. The maximum Gasteiger partial charge on any atom is 0.320 e. The zero-order chi connectivity index (χ0) is 9.14. The second-order valence-corrected chi connectivity index (χ2v) is 4.62. The van der Waals surface area contributed by atoms with Gasteiger partial charge in [0.25, 0.3) is 0 Å². The van der Waals surface area contributed by atoms with Crippen LogP contribution in [0.2, 0.25) is 0 Å². The zero-order valence-corrected chi connectivity index (χ0v) is 8.50. The lowest BCUT2D eigenvalue weighted by molar-refractivity contribution is 0.779. The summed E-state index contributed by atoms with van der Waals surface area (Å²) in [6, 6.07) is 0. The van der Waals surface area contributed by atoms with Crippen LogP contribution in [0.4, 0.5) is 0 Å². The minimum atomic E-state index is -0.164. The molecule has 0 amide bonds. The van der Waals surface area contributed by atoms with Crippen molar-refractivity contribution in [2.24, 2.45) is 0 Å². The Morgan fingerprint density at radius 1 is 1.33 bits per heavy atom. The first-order valence-corrected chi connectivity index (χ1v) is 5.59. The molecule has 0 aliphatic carbocycles. The van der Waals surface area contributed by atoms with Gasteiger partial charge in [0.05, 0.1) is 0 Å². The van der Waals surface area contributed by atoms with E-state index in [0.717, 1.165) is 26.3 Å². The summed E-state index contributed by atoms with van der Waals surface area (Å²) in [4.78, 5) is 21.7. The SMILES string of the molecule is CC(C)=CCn1c(=O)ssc1=O. The molecule has 1 heterocycles. The topological polar surface area (TPSA) is 39.1 Å². The van der Waals surface area contributed by atoms with Gasteiger partial charge in [-0.1, -0.05) is 11.6 Å². The van der Waals surface area contributed by atoms with Crippen LogP contribution in [0.1, 0.15) is 13.8 Å². The van der Waals surface area contributed by atoms with Crippen molar-refractivity contribution in [1.29, 1.82) is 0 Å². The number of hydrogen-bond acceptors (Lipinski definition) is 4. The highest BCUT2D eigenvalue weighted by Crippen LogP contribution is 1.93. The standard InChI is InChI=1S/C7H9NO2S2/c1-5(2)3-4-8-6(9)11-12-7(8)10/h3H,4H2,1-2H3. The average molecular weight is 203 g/mol. The largest absolute Gasteiger partial charge is 0.320 e. The molecule has 3 nitrogen and oxygen atoms in total. The van der Waals surface area contributed by atoms with Crippen LogP contribution in [0.25, 0.3) is 0 Å².